The van der Waals surface area contributed by atoms with E-state index in [1.54, 1.807) is 0 Å². The number of nitrogens with zero attached hydrogens (tertiary/aromatic N) is 1. The predicted molar refractivity (Wildman–Crippen MR) is 66.1 cm³/mol. The maximum absolute atomic E-state index is 12.4. The Balaban J connectivity index is 2.16. The largest absolute Gasteiger partial charge is 0.481 e. The summed E-state index contributed by atoms with van der Waals surface area (Å²) in [4.78, 5) is 25.1. The van der Waals surface area contributed by atoms with Crippen LogP contribution in [0.15, 0.2) is 12.2 Å². The molecule has 0 radical (unpaired) electrons. The fraction of sp³-hybridized carbons (Fsp3) is 0.692. The van der Waals surface area contributed by atoms with Gasteiger partial charge in [-0.15, -0.1) is 0 Å². The van der Waals surface area contributed by atoms with Crippen LogP contribution in [-0.2, 0) is 9.59 Å². The van der Waals surface area contributed by atoms with Crippen LogP contribution in [0.25, 0.3) is 0 Å². The number of aliphatic hydroxyl groups is 2. The third kappa shape index (κ3) is 2.50. The summed E-state index contributed by atoms with van der Waals surface area (Å²) in [7, 11) is 0. The van der Waals surface area contributed by atoms with Crippen LogP contribution in [0.5, 0.6) is 0 Å². The maximum atomic E-state index is 12.4. The van der Waals surface area contributed by atoms with Crippen molar-refractivity contribution in [3.63, 3.8) is 0 Å². The molecule has 2 aliphatic rings. The summed E-state index contributed by atoms with van der Waals surface area (Å²) in [6.45, 7) is -0.132. The zero-order chi connectivity index (χ0) is 14.0. The van der Waals surface area contributed by atoms with Crippen LogP contribution < -0.4 is 0 Å². The van der Waals surface area contributed by atoms with E-state index in [4.69, 9.17) is 10.2 Å². The molecule has 6 heteroatoms. The lowest BCUT2D eigenvalue weighted by Crippen LogP contribution is -2.45. The van der Waals surface area contributed by atoms with Crippen LogP contribution in [-0.4, -0.2) is 58.4 Å². The summed E-state index contributed by atoms with van der Waals surface area (Å²) in [6.07, 6.45) is 4.51. The molecule has 0 aromatic heterocycles. The van der Waals surface area contributed by atoms with Gasteiger partial charge in [0.05, 0.1) is 25.0 Å². The van der Waals surface area contributed by atoms with Gasteiger partial charge in [0.1, 0.15) is 0 Å². The third-order valence-corrected chi connectivity index (χ3v) is 4.08. The predicted octanol–water partition coefficient (Wildman–Crippen LogP) is -0.677. The standard InChI is InChI=1S/C13H19NO5/c15-5-3-14(4-6-16)12(17)10-8-1-2-9(7-8)11(10)13(18)19/h1-2,8-11,15-16H,3-7H2,(H,18,19)/t8?,9?,10-,11+/m0/s1. The zero-order valence-corrected chi connectivity index (χ0v) is 10.6. The lowest BCUT2D eigenvalue weighted by atomic mass is 9.82. The number of hydrogen-bond acceptors (Lipinski definition) is 4. The highest BCUT2D eigenvalue weighted by Crippen LogP contribution is 2.48. The number of fused-ring (bicyclic) bond motifs is 2. The fourth-order valence-corrected chi connectivity index (χ4v) is 3.28. The Kier molecular flexibility index (Phi) is 4.21. The molecule has 0 heterocycles. The van der Waals surface area contributed by atoms with Gasteiger partial charge in [-0.05, 0) is 18.3 Å². The second-order valence-electron chi connectivity index (χ2n) is 5.11. The number of hydrogen-bond donors (Lipinski definition) is 3. The molecule has 0 aromatic rings. The normalized spacial score (nSPS) is 31.7. The molecule has 2 unspecified atom stereocenters. The van der Waals surface area contributed by atoms with Crippen LogP contribution in [0.2, 0.25) is 0 Å². The van der Waals surface area contributed by atoms with E-state index in [1.165, 1.54) is 4.90 Å². The summed E-state index contributed by atoms with van der Waals surface area (Å²) in [5, 5.41) is 27.2. The Hall–Kier alpha value is -1.40. The van der Waals surface area contributed by atoms with E-state index in [2.05, 4.69) is 0 Å². The lowest BCUT2D eigenvalue weighted by Gasteiger charge is -2.30. The third-order valence-electron chi connectivity index (χ3n) is 4.08. The highest BCUT2D eigenvalue weighted by Gasteiger charge is 2.52. The minimum absolute atomic E-state index is 0.0292. The maximum Gasteiger partial charge on any atom is 0.307 e. The molecule has 2 aliphatic carbocycles. The minimum Gasteiger partial charge on any atom is -0.481 e. The molecule has 0 aromatic carbocycles. The Bertz CT molecular complexity index is 388. The number of rotatable bonds is 6. The van der Waals surface area contributed by atoms with Crippen molar-refractivity contribution in [1.82, 2.24) is 4.90 Å². The lowest BCUT2D eigenvalue weighted by molar-refractivity contribution is -0.151. The molecule has 2 rings (SSSR count). The van der Waals surface area contributed by atoms with Crippen molar-refractivity contribution in [2.75, 3.05) is 26.3 Å². The second-order valence-corrected chi connectivity index (χ2v) is 5.11. The molecule has 4 atom stereocenters. The van der Waals surface area contributed by atoms with E-state index >= 15 is 0 Å². The molecular weight excluding hydrogens is 250 g/mol. The summed E-state index contributed by atoms with van der Waals surface area (Å²) >= 11 is 0. The Labute approximate surface area is 111 Å². The van der Waals surface area contributed by atoms with Gasteiger partial charge in [0.2, 0.25) is 5.91 Å². The van der Waals surface area contributed by atoms with Crippen molar-refractivity contribution < 1.29 is 24.9 Å². The Morgan fingerprint density at radius 2 is 1.58 bits per heavy atom. The topological polar surface area (TPSA) is 98.1 Å². The van der Waals surface area contributed by atoms with Gasteiger partial charge in [-0.3, -0.25) is 9.59 Å². The number of carboxylic acids is 1. The highest BCUT2D eigenvalue weighted by molar-refractivity contribution is 5.87. The SMILES string of the molecule is O=C(O)[C@@H]1C2C=CC(C2)[C@@H]1C(=O)N(CCO)CCO. The number of amides is 1. The van der Waals surface area contributed by atoms with Gasteiger partial charge in [0.25, 0.3) is 0 Å². The Morgan fingerprint density at radius 1 is 1.05 bits per heavy atom. The number of aliphatic hydroxyl groups excluding tert-OH is 2. The first-order valence-electron chi connectivity index (χ1n) is 6.51. The van der Waals surface area contributed by atoms with Crippen molar-refractivity contribution in [1.29, 1.82) is 0 Å². The molecule has 2 bridgehead atoms. The molecule has 0 spiro atoms. The molecule has 19 heavy (non-hydrogen) atoms. The first-order valence-corrected chi connectivity index (χ1v) is 6.51. The van der Waals surface area contributed by atoms with Gasteiger partial charge < -0.3 is 20.2 Å². The summed E-state index contributed by atoms with van der Waals surface area (Å²) in [5.74, 6) is -2.55. The molecule has 6 nitrogen and oxygen atoms in total. The van der Waals surface area contributed by atoms with Crippen molar-refractivity contribution >= 4 is 11.9 Å². The number of allylic oxidation sites excluding steroid dienone is 2. The van der Waals surface area contributed by atoms with Crippen LogP contribution >= 0.6 is 0 Å². The summed E-state index contributed by atoms with van der Waals surface area (Å²) < 4.78 is 0. The van der Waals surface area contributed by atoms with E-state index in [0.717, 1.165) is 0 Å². The van der Waals surface area contributed by atoms with Gasteiger partial charge in [0.15, 0.2) is 0 Å². The van der Waals surface area contributed by atoms with Gasteiger partial charge in [-0.1, -0.05) is 12.2 Å². The fourth-order valence-electron chi connectivity index (χ4n) is 3.28. The van der Waals surface area contributed by atoms with E-state index in [9.17, 15) is 14.7 Å². The summed E-state index contributed by atoms with van der Waals surface area (Å²) in [6, 6.07) is 0. The molecule has 1 saturated carbocycles. The number of carboxylic acid groups (broad SMARTS) is 1. The van der Waals surface area contributed by atoms with Crippen LogP contribution in [0.3, 0.4) is 0 Å². The van der Waals surface area contributed by atoms with E-state index < -0.39 is 17.8 Å². The number of carbonyl (C=O) groups is 2. The smallest absolute Gasteiger partial charge is 0.307 e. The molecule has 3 N–H and O–H groups in total. The van der Waals surface area contributed by atoms with Crippen LogP contribution in [0.4, 0.5) is 0 Å². The molecule has 1 fully saturated rings. The molecular formula is C13H19NO5. The van der Waals surface area contributed by atoms with E-state index in [1.807, 2.05) is 12.2 Å². The average molecular weight is 269 g/mol. The second kappa shape index (κ2) is 5.71. The first kappa shape index (κ1) is 14.0. The molecule has 106 valence electrons. The Morgan fingerprint density at radius 3 is 2.05 bits per heavy atom. The van der Waals surface area contributed by atoms with Crippen molar-refractivity contribution in [2.24, 2.45) is 23.7 Å². The van der Waals surface area contributed by atoms with Gasteiger partial charge in [-0.25, -0.2) is 0 Å². The first-order chi connectivity index (χ1) is 9.10. The van der Waals surface area contributed by atoms with Crippen molar-refractivity contribution in [3.8, 4) is 0 Å². The van der Waals surface area contributed by atoms with E-state index in [-0.39, 0.29) is 44.0 Å². The molecule has 1 amide bonds. The monoisotopic (exact) mass is 269 g/mol. The van der Waals surface area contributed by atoms with E-state index in [0.29, 0.717) is 6.42 Å². The summed E-state index contributed by atoms with van der Waals surface area (Å²) in [5.41, 5.74) is 0. The van der Waals surface area contributed by atoms with Crippen molar-refractivity contribution in [2.45, 2.75) is 6.42 Å². The van der Waals surface area contributed by atoms with Gasteiger partial charge in [0, 0.05) is 13.1 Å². The molecule has 0 aliphatic heterocycles. The van der Waals surface area contributed by atoms with Gasteiger partial charge in [-0.2, -0.15) is 0 Å². The number of carbonyl (C=O) groups excluding carboxylic acids is 1. The van der Waals surface area contributed by atoms with Gasteiger partial charge >= 0.3 is 5.97 Å². The average Bonchev–Trinajstić information content (AvgIpc) is 2.97. The van der Waals surface area contributed by atoms with Crippen LogP contribution in [0, 0.1) is 23.7 Å². The quantitative estimate of drug-likeness (QED) is 0.555. The minimum atomic E-state index is -0.942. The number of aliphatic carboxylic acids is 1. The molecule has 0 saturated heterocycles. The highest BCUT2D eigenvalue weighted by atomic mass is 16.4. The zero-order valence-electron chi connectivity index (χ0n) is 10.6. The van der Waals surface area contributed by atoms with Crippen LogP contribution in [0.1, 0.15) is 6.42 Å². The van der Waals surface area contributed by atoms with Crippen molar-refractivity contribution in [3.05, 3.63) is 12.2 Å².